The monoisotopic (exact) mass is 519 g/mol. The van der Waals surface area contributed by atoms with Gasteiger partial charge in [-0.05, 0) is 43.0 Å². The minimum absolute atomic E-state index is 0.0634. The molecule has 38 heavy (non-hydrogen) atoms. The lowest BCUT2D eigenvalue weighted by molar-refractivity contribution is -0.117. The largest absolute Gasteiger partial charge is 0.382 e. The lowest BCUT2D eigenvalue weighted by Crippen LogP contribution is -2.41. The van der Waals surface area contributed by atoms with E-state index in [0.717, 1.165) is 47.7 Å². The van der Waals surface area contributed by atoms with E-state index in [1.165, 1.54) is 49.5 Å². The molecule has 0 spiro atoms. The molecule has 0 fully saturated rings. The average molecular weight is 520 g/mol. The minimum atomic E-state index is -0.201. The molecule has 0 saturated carbocycles. The first kappa shape index (κ1) is 29.4. The van der Waals surface area contributed by atoms with Gasteiger partial charge in [0.25, 0.3) is 11.8 Å². The maximum Gasteiger partial charge on any atom is 0.261 e. The van der Waals surface area contributed by atoms with Gasteiger partial charge in [0.1, 0.15) is 0 Å². The Hall–Kier alpha value is -3.15. The van der Waals surface area contributed by atoms with Crippen molar-refractivity contribution < 1.29 is 14.4 Å². The Morgan fingerprint density at radius 1 is 0.974 bits per heavy atom. The highest BCUT2D eigenvalue weighted by Gasteiger charge is 2.34. The van der Waals surface area contributed by atoms with Crippen LogP contribution in [0.4, 0.5) is 5.69 Å². The zero-order chi connectivity index (χ0) is 27.5. The fraction of sp³-hybridized carbons (Fsp3) is 0.531. The number of nitrogens with one attached hydrogen (secondary N) is 2. The van der Waals surface area contributed by atoms with Gasteiger partial charge in [0.2, 0.25) is 5.91 Å². The highest BCUT2D eigenvalue weighted by atomic mass is 16.2. The third kappa shape index (κ3) is 7.03. The molecule has 1 aliphatic rings. The van der Waals surface area contributed by atoms with Crippen molar-refractivity contribution in [3.8, 4) is 0 Å². The van der Waals surface area contributed by atoms with E-state index in [1.54, 1.807) is 0 Å². The predicted octanol–water partition coefficient (Wildman–Crippen LogP) is 7.02. The number of imide groups is 1. The number of carbonyl (C=O) groups excluding carboxylic acids is 3. The van der Waals surface area contributed by atoms with Crippen LogP contribution in [0.2, 0.25) is 0 Å². The molecule has 1 aliphatic heterocycles. The van der Waals surface area contributed by atoms with E-state index in [0.29, 0.717) is 30.6 Å². The second-order valence-electron chi connectivity index (χ2n) is 10.3. The molecule has 1 atom stereocenters. The van der Waals surface area contributed by atoms with Gasteiger partial charge in [0.15, 0.2) is 0 Å². The van der Waals surface area contributed by atoms with Crippen LogP contribution in [0.15, 0.2) is 36.9 Å². The summed E-state index contributed by atoms with van der Waals surface area (Å²) in [4.78, 5) is 40.4. The number of rotatable bonds is 17. The van der Waals surface area contributed by atoms with Crippen molar-refractivity contribution in [3.05, 3.63) is 53.6 Å². The van der Waals surface area contributed by atoms with E-state index >= 15 is 0 Å². The Balaban J connectivity index is 1.74. The molecule has 2 aromatic rings. The number of anilines is 1. The molecule has 2 N–H and O–H groups in total. The minimum Gasteiger partial charge on any atom is -0.382 e. The maximum atomic E-state index is 13.7. The Labute approximate surface area is 228 Å². The van der Waals surface area contributed by atoms with Gasteiger partial charge in [-0.3, -0.25) is 19.3 Å². The van der Waals surface area contributed by atoms with Gasteiger partial charge < -0.3 is 10.6 Å². The second-order valence-corrected chi connectivity index (χ2v) is 10.3. The molecule has 1 heterocycles. The summed E-state index contributed by atoms with van der Waals surface area (Å²) in [5.74, 6) is -0.573. The highest BCUT2D eigenvalue weighted by molar-refractivity contribution is 6.27. The van der Waals surface area contributed by atoms with Crippen molar-refractivity contribution in [1.82, 2.24) is 10.2 Å². The quantitative estimate of drug-likeness (QED) is 0.134. The van der Waals surface area contributed by atoms with Crippen molar-refractivity contribution in [2.75, 3.05) is 18.4 Å². The number of carbonyl (C=O) groups is 3. The summed E-state index contributed by atoms with van der Waals surface area (Å²) < 4.78 is 0. The van der Waals surface area contributed by atoms with Gasteiger partial charge >= 0.3 is 0 Å². The fourth-order valence-corrected chi connectivity index (χ4v) is 5.33. The molecule has 0 bridgehead atoms. The van der Waals surface area contributed by atoms with Gasteiger partial charge in [-0.25, -0.2) is 0 Å². The number of hydrogen-bond acceptors (Lipinski definition) is 4. The molecule has 6 nitrogen and oxygen atoms in total. The number of unbranched alkanes of at least 4 members (excludes halogenated alkanes) is 8. The van der Waals surface area contributed by atoms with Gasteiger partial charge in [0.05, 0.1) is 5.56 Å². The van der Waals surface area contributed by atoms with Crippen molar-refractivity contribution in [3.63, 3.8) is 0 Å². The molecule has 206 valence electrons. The maximum absolute atomic E-state index is 13.7. The summed E-state index contributed by atoms with van der Waals surface area (Å²) >= 11 is 0. The standard InChI is InChI=1S/C32H45N3O3/c1-5-9-10-11-12-13-14-15-16-20-35-31(37)26-19-17-18-25-27(33-22-24(7-3)34-28(36)8-4)21-23(6-2)29(30(25)26)32(35)38/h8,17-19,21,24,33H,4-7,9-16,20,22H2,1-3H3,(H,34,36). The van der Waals surface area contributed by atoms with Crippen LogP contribution < -0.4 is 10.6 Å². The summed E-state index contributed by atoms with van der Waals surface area (Å²) in [5, 5.41) is 8.02. The number of amides is 3. The molecule has 0 saturated heterocycles. The molecule has 6 heteroatoms. The predicted molar refractivity (Wildman–Crippen MR) is 157 cm³/mol. The van der Waals surface area contributed by atoms with Gasteiger partial charge in [0, 0.05) is 41.2 Å². The molecule has 0 aliphatic carbocycles. The van der Waals surface area contributed by atoms with Crippen LogP contribution in [0.1, 0.15) is 111 Å². The fourth-order valence-electron chi connectivity index (χ4n) is 5.33. The van der Waals surface area contributed by atoms with E-state index < -0.39 is 0 Å². The Bertz CT molecular complexity index is 1140. The van der Waals surface area contributed by atoms with Crippen molar-refractivity contribution in [2.45, 2.75) is 97.4 Å². The van der Waals surface area contributed by atoms with Crippen LogP contribution in [0.3, 0.4) is 0 Å². The van der Waals surface area contributed by atoms with E-state index in [4.69, 9.17) is 0 Å². The summed E-state index contributed by atoms with van der Waals surface area (Å²) in [7, 11) is 0. The molecule has 0 radical (unpaired) electrons. The Morgan fingerprint density at radius 2 is 1.66 bits per heavy atom. The average Bonchev–Trinajstić information content (AvgIpc) is 2.94. The molecule has 1 unspecified atom stereocenters. The molecule has 3 rings (SSSR count). The third-order valence-electron chi connectivity index (χ3n) is 7.61. The Kier molecular flexibility index (Phi) is 11.4. The van der Waals surface area contributed by atoms with E-state index in [2.05, 4.69) is 24.1 Å². The zero-order valence-electron chi connectivity index (χ0n) is 23.5. The topological polar surface area (TPSA) is 78.5 Å². The van der Waals surface area contributed by atoms with Crippen LogP contribution in [0, 0.1) is 0 Å². The lowest BCUT2D eigenvalue weighted by atomic mass is 9.88. The van der Waals surface area contributed by atoms with E-state index in [-0.39, 0.29) is 23.8 Å². The van der Waals surface area contributed by atoms with Gasteiger partial charge in [-0.2, -0.15) is 0 Å². The summed E-state index contributed by atoms with van der Waals surface area (Å²) in [6.45, 7) is 10.8. The molecular formula is C32H45N3O3. The van der Waals surface area contributed by atoms with Crippen LogP contribution in [-0.2, 0) is 11.2 Å². The highest BCUT2D eigenvalue weighted by Crippen LogP contribution is 2.37. The summed E-state index contributed by atoms with van der Waals surface area (Å²) in [6.07, 6.45) is 13.4. The first-order valence-electron chi connectivity index (χ1n) is 14.6. The summed E-state index contributed by atoms with van der Waals surface area (Å²) in [5.41, 5.74) is 3.07. The lowest BCUT2D eigenvalue weighted by Gasteiger charge is -2.30. The SMILES string of the molecule is C=CC(=O)NC(CC)CNc1cc(CC)c2c3c(cccc13)C(=O)N(CCCCCCCCCCC)C2=O. The number of hydrogen-bond donors (Lipinski definition) is 2. The van der Waals surface area contributed by atoms with Crippen LogP contribution in [0.25, 0.3) is 10.8 Å². The smallest absolute Gasteiger partial charge is 0.261 e. The summed E-state index contributed by atoms with van der Waals surface area (Å²) in [6, 6.07) is 7.66. The zero-order valence-corrected chi connectivity index (χ0v) is 23.5. The number of benzene rings is 2. The number of nitrogens with zero attached hydrogens (tertiary/aromatic N) is 1. The van der Waals surface area contributed by atoms with Gasteiger partial charge in [-0.15, -0.1) is 0 Å². The van der Waals surface area contributed by atoms with Gasteiger partial charge in [-0.1, -0.05) is 90.8 Å². The van der Waals surface area contributed by atoms with Crippen LogP contribution in [0.5, 0.6) is 0 Å². The number of aryl methyl sites for hydroxylation is 1. The third-order valence-corrected chi connectivity index (χ3v) is 7.61. The van der Waals surface area contributed by atoms with Crippen molar-refractivity contribution in [1.29, 1.82) is 0 Å². The van der Waals surface area contributed by atoms with E-state index in [9.17, 15) is 14.4 Å². The van der Waals surface area contributed by atoms with E-state index in [1.807, 2.05) is 38.1 Å². The van der Waals surface area contributed by atoms with Crippen molar-refractivity contribution >= 4 is 34.2 Å². The van der Waals surface area contributed by atoms with Crippen LogP contribution in [-0.4, -0.2) is 41.8 Å². The molecule has 2 aromatic carbocycles. The molecule has 0 aromatic heterocycles. The second kappa shape index (κ2) is 14.7. The normalized spacial score (nSPS) is 13.6. The first-order valence-corrected chi connectivity index (χ1v) is 14.6. The molecular weight excluding hydrogens is 474 g/mol. The van der Waals surface area contributed by atoms with Crippen molar-refractivity contribution in [2.24, 2.45) is 0 Å². The van der Waals surface area contributed by atoms with Crippen LogP contribution >= 0.6 is 0 Å². The Morgan fingerprint density at radius 3 is 2.29 bits per heavy atom. The first-order chi connectivity index (χ1) is 18.5. The molecule has 3 amide bonds.